The van der Waals surface area contributed by atoms with Gasteiger partial charge in [-0.05, 0) is 35.4 Å². The second-order valence-electron chi connectivity index (χ2n) is 7.62. The van der Waals surface area contributed by atoms with Gasteiger partial charge >= 0.3 is 5.97 Å². The molecule has 0 fully saturated rings. The number of aryl methyl sites for hydroxylation is 1. The van der Waals surface area contributed by atoms with Gasteiger partial charge in [0.1, 0.15) is 11.6 Å². The second-order valence-corrected chi connectivity index (χ2v) is 7.62. The van der Waals surface area contributed by atoms with E-state index < -0.39 is 5.97 Å². The number of hydrogen-bond acceptors (Lipinski definition) is 3. The number of nitriles is 1. The van der Waals surface area contributed by atoms with Gasteiger partial charge in [-0.25, -0.2) is 4.79 Å². The van der Waals surface area contributed by atoms with Crippen LogP contribution in [-0.2, 0) is 16.0 Å². The van der Waals surface area contributed by atoms with Gasteiger partial charge in [-0.2, -0.15) is 5.26 Å². The van der Waals surface area contributed by atoms with E-state index in [2.05, 4.69) is 26.8 Å². The van der Waals surface area contributed by atoms with Gasteiger partial charge in [0.25, 0.3) is 0 Å². The van der Waals surface area contributed by atoms with Gasteiger partial charge in [-0.15, -0.1) is 0 Å². The molecule has 0 N–H and O–H groups in total. The first-order valence-corrected chi connectivity index (χ1v) is 10.5. The minimum Gasteiger partial charge on any atom is -0.462 e. The van der Waals surface area contributed by atoms with Gasteiger partial charge in [0.15, 0.2) is 0 Å². The number of rotatable bonds is 10. The van der Waals surface area contributed by atoms with Crippen molar-refractivity contribution in [3.63, 3.8) is 0 Å². The van der Waals surface area contributed by atoms with Gasteiger partial charge < -0.3 is 4.74 Å². The van der Waals surface area contributed by atoms with Crippen molar-refractivity contribution in [3.05, 3.63) is 76.9 Å². The van der Waals surface area contributed by atoms with Crippen LogP contribution in [0.15, 0.2) is 60.2 Å². The maximum absolute atomic E-state index is 12.8. The third-order valence-corrected chi connectivity index (χ3v) is 4.95. The summed E-state index contributed by atoms with van der Waals surface area (Å²) >= 11 is 0. The monoisotopic (exact) mass is 389 g/mol. The molecule has 0 aromatic heterocycles. The minimum absolute atomic E-state index is 0.0688. The molecule has 0 heterocycles. The molecule has 0 aliphatic heterocycles. The zero-order chi connectivity index (χ0) is 21.1. The first-order chi connectivity index (χ1) is 14.1. The van der Waals surface area contributed by atoms with Gasteiger partial charge in [-0.1, -0.05) is 94.6 Å². The van der Waals surface area contributed by atoms with E-state index in [1.54, 1.807) is 0 Å². The quantitative estimate of drug-likeness (QED) is 0.206. The summed E-state index contributed by atoms with van der Waals surface area (Å²) in [7, 11) is 0. The summed E-state index contributed by atoms with van der Waals surface area (Å²) in [6.45, 7) is 6.84. The third-order valence-electron chi connectivity index (χ3n) is 4.95. The number of ether oxygens (including phenoxy) is 1. The summed E-state index contributed by atoms with van der Waals surface area (Å²) in [6, 6.07) is 19.7. The second kappa shape index (κ2) is 11.9. The average molecular weight is 390 g/mol. The van der Waals surface area contributed by atoms with Crippen LogP contribution in [0.5, 0.6) is 0 Å². The summed E-state index contributed by atoms with van der Waals surface area (Å²) in [5, 5.41) is 9.85. The zero-order valence-electron chi connectivity index (χ0n) is 17.8. The summed E-state index contributed by atoms with van der Waals surface area (Å²) in [4.78, 5) is 12.8. The van der Waals surface area contributed by atoms with E-state index >= 15 is 0 Å². The van der Waals surface area contributed by atoms with Crippen LogP contribution in [0.1, 0.15) is 63.1 Å². The molecule has 0 aliphatic rings. The lowest BCUT2D eigenvalue weighted by Gasteiger charge is -2.15. The highest BCUT2D eigenvalue weighted by molar-refractivity contribution is 6.05. The van der Waals surface area contributed by atoms with E-state index in [9.17, 15) is 10.1 Å². The van der Waals surface area contributed by atoms with Crippen molar-refractivity contribution in [2.24, 2.45) is 5.92 Å². The Bertz CT molecular complexity index is 860. The van der Waals surface area contributed by atoms with Crippen LogP contribution in [0.2, 0.25) is 0 Å². The van der Waals surface area contributed by atoms with Crippen LogP contribution in [0.3, 0.4) is 0 Å². The van der Waals surface area contributed by atoms with Crippen molar-refractivity contribution in [2.45, 2.75) is 52.9 Å². The van der Waals surface area contributed by atoms with E-state index in [4.69, 9.17) is 4.74 Å². The van der Waals surface area contributed by atoms with Crippen molar-refractivity contribution in [1.29, 1.82) is 5.26 Å². The van der Waals surface area contributed by atoms with Crippen molar-refractivity contribution < 1.29 is 9.53 Å². The Hall–Kier alpha value is -2.86. The molecular weight excluding hydrogens is 358 g/mol. The molecule has 152 valence electrons. The normalized spacial score (nSPS) is 11.7. The number of esters is 1. The highest BCUT2D eigenvalue weighted by Gasteiger charge is 2.21. The Morgan fingerprint density at radius 1 is 1.00 bits per heavy atom. The van der Waals surface area contributed by atoms with Crippen LogP contribution in [-0.4, -0.2) is 12.6 Å². The molecule has 3 heteroatoms. The molecular formula is C26H31NO2. The molecule has 0 unspecified atom stereocenters. The molecule has 2 aromatic rings. The van der Waals surface area contributed by atoms with Crippen LogP contribution >= 0.6 is 0 Å². The molecule has 0 aliphatic carbocycles. The van der Waals surface area contributed by atoms with Crippen LogP contribution < -0.4 is 0 Å². The van der Waals surface area contributed by atoms with Gasteiger partial charge in [0.05, 0.1) is 6.61 Å². The number of carbonyl (C=O) groups is 1. The highest BCUT2D eigenvalue weighted by Crippen LogP contribution is 2.30. The molecule has 0 bridgehead atoms. The lowest BCUT2D eigenvalue weighted by atomic mass is 9.89. The fourth-order valence-corrected chi connectivity index (χ4v) is 3.38. The SMILES string of the molecule is CCc1ccccc1/C(=C(/C#N)C(=O)OCCCCCC(C)C)c1ccccc1. The molecule has 2 aromatic carbocycles. The largest absolute Gasteiger partial charge is 0.462 e. The van der Waals surface area contributed by atoms with Gasteiger partial charge in [-0.3, -0.25) is 0 Å². The molecule has 0 saturated carbocycles. The van der Waals surface area contributed by atoms with Crippen molar-refractivity contribution >= 4 is 11.5 Å². The first kappa shape index (κ1) is 22.4. The van der Waals surface area contributed by atoms with Gasteiger partial charge in [0, 0.05) is 5.57 Å². The summed E-state index contributed by atoms with van der Waals surface area (Å²) < 4.78 is 5.48. The summed E-state index contributed by atoms with van der Waals surface area (Å²) in [5.41, 5.74) is 3.57. The number of benzene rings is 2. The number of nitrogens with zero attached hydrogens (tertiary/aromatic N) is 1. The smallest absolute Gasteiger partial charge is 0.349 e. The fraction of sp³-hybridized carbons (Fsp3) is 0.385. The topological polar surface area (TPSA) is 50.1 Å². The van der Waals surface area contributed by atoms with Gasteiger partial charge in [0.2, 0.25) is 0 Å². The number of carbonyl (C=O) groups excluding carboxylic acids is 1. The van der Waals surface area contributed by atoms with Crippen molar-refractivity contribution in [3.8, 4) is 6.07 Å². The fourth-order valence-electron chi connectivity index (χ4n) is 3.38. The Morgan fingerprint density at radius 3 is 2.34 bits per heavy atom. The van der Waals surface area contributed by atoms with Crippen LogP contribution in [0.4, 0.5) is 0 Å². The predicted molar refractivity (Wildman–Crippen MR) is 118 cm³/mol. The Balaban J connectivity index is 2.28. The summed E-state index contributed by atoms with van der Waals surface area (Å²) in [5.74, 6) is 0.152. The van der Waals surface area contributed by atoms with Crippen LogP contribution in [0, 0.1) is 17.2 Å². The Morgan fingerprint density at radius 2 is 1.69 bits per heavy atom. The minimum atomic E-state index is -0.541. The predicted octanol–water partition coefficient (Wildman–Crippen LogP) is 6.33. The average Bonchev–Trinajstić information content (AvgIpc) is 2.74. The van der Waals surface area contributed by atoms with Crippen LogP contribution in [0.25, 0.3) is 5.57 Å². The first-order valence-electron chi connectivity index (χ1n) is 10.5. The maximum atomic E-state index is 12.8. The third kappa shape index (κ3) is 6.61. The zero-order valence-corrected chi connectivity index (χ0v) is 17.8. The number of unbranched alkanes of at least 4 members (excludes halogenated alkanes) is 2. The van der Waals surface area contributed by atoms with E-state index in [0.29, 0.717) is 18.1 Å². The molecule has 3 nitrogen and oxygen atoms in total. The lowest BCUT2D eigenvalue weighted by Crippen LogP contribution is -2.11. The van der Waals surface area contributed by atoms with E-state index in [1.165, 1.54) is 6.42 Å². The molecule has 0 spiro atoms. The summed E-state index contributed by atoms with van der Waals surface area (Å²) in [6.07, 6.45) is 4.99. The Labute approximate surface area is 175 Å². The van der Waals surface area contributed by atoms with E-state index in [1.807, 2.05) is 54.6 Å². The van der Waals surface area contributed by atoms with Crippen molar-refractivity contribution in [2.75, 3.05) is 6.61 Å². The molecule has 0 atom stereocenters. The number of hydrogen-bond donors (Lipinski definition) is 0. The molecule has 2 rings (SSSR count). The standard InChI is InChI=1S/C26H31NO2/c1-4-21-14-10-11-17-23(21)25(22-15-8-5-9-16-22)24(19-27)26(28)29-18-12-6-7-13-20(2)3/h5,8-11,14-17,20H,4,6-7,12-13,18H2,1-3H3/b25-24-. The van der Waals surface area contributed by atoms with E-state index in [0.717, 1.165) is 42.4 Å². The Kier molecular flexibility index (Phi) is 9.18. The van der Waals surface area contributed by atoms with E-state index in [-0.39, 0.29) is 5.57 Å². The molecule has 29 heavy (non-hydrogen) atoms. The molecule has 0 radical (unpaired) electrons. The molecule has 0 amide bonds. The molecule has 0 saturated heterocycles. The maximum Gasteiger partial charge on any atom is 0.349 e. The van der Waals surface area contributed by atoms with Crippen molar-refractivity contribution in [1.82, 2.24) is 0 Å². The highest BCUT2D eigenvalue weighted by atomic mass is 16.5. The lowest BCUT2D eigenvalue weighted by molar-refractivity contribution is -0.138.